The van der Waals surface area contributed by atoms with E-state index in [1.54, 1.807) is 35.1 Å². The Bertz CT molecular complexity index is 934. The summed E-state index contributed by atoms with van der Waals surface area (Å²) in [5.74, 6) is 0.169. The summed E-state index contributed by atoms with van der Waals surface area (Å²) in [6, 6.07) is 12.3. The third-order valence-corrected chi connectivity index (χ3v) is 3.84. The Morgan fingerprint density at radius 2 is 1.96 bits per heavy atom. The van der Waals surface area contributed by atoms with Gasteiger partial charge < -0.3 is 10.6 Å². The first kappa shape index (κ1) is 17.3. The second-order valence-corrected chi connectivity index (χ2v) is 5.64. The molecule has 0 aliphatic rings. The van der Waals surface area contributed by atoms with Gasteiger partial charge in [0.15, 0.2) is 5.82 Å². The minimum absolute atomic E-state index is 0.178. The highest BCUT2D eigenvalue weighted by Gasteiger charge is 2.16. The number of rotatable bonds is 5. The predicted octanol–water partition coefficient (Wildman–Crippen LogP) is 2.58. The number of nitrogens with one attached hydrogen (secondary N) is 2. The minimum Gasteiger partial charge on any atom is -0.352 e. The Morgan fingerprint density at radius 3 is 2.69 bits per heavy atom. The summed E-state index contributed by atoms with van der Waals surface area (Å²) < 4.78 is 1.61. The third kappa shape index (κ3) is 3.61. The van der Waals surface area contributed by atoms with E-state index in [1.165, 1.54) is 6.20 Å². The monoisotopic (exact) mass is 349 g/mol. The molecule has 0 atom stereocenters. The van der Waals surface area contributed by atoms with Gasteiger partial charge in [0.1, 0.15) is 0 Å². The summed E-state index contributed by atoms with van der Waals surface area (Å²) >= 11 is 0. The van der Waals surface area contributed by atoms with Crippen molar-refractivity contribution >= 4 is 17.5 Å². The Morgan fingerprint density at radius 1 is 1.12 bits per heavy atom. The van der Waals surface area contributed by atoms with Crippen LogP contribution in [0, 0.1) is 6.92 Å². The van der Waals surface area contributed by atoms with Crippen molar-refractivity contribution in [3.05, 3.63) is 71.7 Å². The number of benzene rings is 1. The van der Waals surface area contributed by atoms with Gasteiger partial charge in [-0.05, 0) is 44.2 Å². The van der Waals surface area contributed by atoms with Gasteiger partial charge in [0, 0.05) is 24.0 Å². The molecular weight excluding hydrogens is 330 g/mol. The van der Waals surface area contributed by atoms with E-state index in [-0.39, 0.29) is 11.8 Å². The van der Waals surface area contributed by atoms with Crippen LogP contribution in [0.5, 0.6) is 0 Å². The summed E-state index contributed by atoms with van der Waals surface area (Å²) in [4.78, 5) is 28.8. The zero-order valence-electron chi connectivity index (χ0n) is 14.6. The molecule has 0 saturated carbocycles. The smallest absolute Gasteiger partial charge is 0.259 e. The number of aromatic nitrogens is 3. The van der Waals surface area contributed by atoms with E-state index >= 15 is 0 Å². The lowest BCUT2D eigenvalue weighted by molar-refractivity contribution is 0.0954. The van der Waals surface area contributed by atoms with E-state index in [0.29, 0.717) is 34.9 Å². The molecule has 0 spiro atoms. The van der Waals surface area contributed by atoms with Gasteiger partial charge in [0.25, 0.3) is 11.8 Å². The Labute approximate surface area is 151 Å². The van der Waals surface area contributed by atoms with Crippen molar-refractivity contribution in [3.8, 4) is 5.82 Å². The van der Waals surface area contributed by atoms with E-state index in [1.807, 2.05) is 32.0 Å². The average Bonchev–Trinajstić information content (AvgIpc) is 3.04. The molecule has 132 valence electrons. The molecule has 2 heterocycles. The molecule has 0 aliphatic heterocycles. The molecule has 7 heteroatoms. The van der Waals surface area contributed by atoms with Crippen molar-refractivity contribution in [2.75, 3.05) is 11.9 Å². The lowest BCUT2D eigenvalue weighted by Crippen LogP contribution is -2.22. The van der Waals surface area contributed by atoms with Gasteiger partial charge in [-0.1, -0.05) is 12.1 Å². The van der Waals surface area contributed by atoms with Gasteiger partial charge in [0.2, 0.25) is 0 Å². The van der Waals surface area contributed by atoms with Crippen LogP contribution in [0.3, 0.4) is 0 Å². The van der Waals surface area contributed by atoms with E-state index < -0.39 is 0 Å². The van der Waals surface area contributed by atoms with Crippen LogP contribution in [-0.4, -0.2) is 33.1 Å². The first-order valence-corrected chi connectivity index (χ1v) is 8.25. The average molecular weight is 349 g/mol. The van der Waals surface area contributed by atoms with Crippen molar-refractivity contribution in [3.63, 3.8) is 0 Å². The Kier molecular flexibility index (Phi) is 5.07. The predicted molar refractivity (Wildman–Crippen MR) is 98.5 cm³/mol. The largest absolute Gasteiger partial charge is 0.352 e. The molecule has 2 aromatic heterocycles. The van der Waals surface area contributed by atoms with Crippen LogP contribution in [0.25, 0.3) is 5.82 Å². The first-order valence-electron chi connectivity index (χ1n) is 8.25. The summed E-state index contributed by atoms with van der Waals surface area (Å²) in [6.45, 7) is 4.20. The Balaban J connectivity index is 1.80. The maximum Gasteiger partial charge on any atom is 0.259 e. The highest BCUT2D eigenvalue weighted by molar-refractivity contribution is 6.05. The van der Waals surface area contributed by atoms with Gasteiger partial charge in [-0.2, -0.15) is 5.10 Å². The lowest BCUT2D eigenvalue weighted by atomic mass is 10.1. The molecule has 0 saturated heterocycles. The Hall–Kier alpha value is -3.48. The number of anilines is 1. The fraction of sp³-hybridized carbons (Fsp3) is 0.158. The molecule has 0 bridgehead atoms. The number of nitrogens with zero attached hydrogens (tertiary/aromatic N) is 3. The van der Waals surface area contributed by atoms with E-state index in [2.05, 4.69) is 20.7 Å². The molecule has 7 nitrogen and oxygen atoms in total. The second-order valence-electron chi connectivity index (χ2n) is 5.64. The molecular formula is C19H19N5O2. The summed E-state index contributed by atoms with van der Waals surface area (Å²) in [5.41, 5.74) is 2.16. The van der Waals surface area contributed by atoms with Crippen LogP contribution in [0.15, 0.2) is 54.9 Å². The molecule has 3 rings (SSSR count). The summed E-state index contributed by atoms with van der Waals surface area (Å²) in [7, 11) is 0. The number of pyridine rings is 1. The number of carbonyl (C=O) groups is 2. The highest BCUT2D eigenvalue weighted by atomic mass is 16.2. The molecule has 3 aromatic rings. The molecule has 1 aromatic carbocycles. The number of hydrogen-bond acceptors (Lipinski definition) is 4. The number of hydrogen-bond donors (Lipinski definition) is 2. The van der Waals surface area contributed by atoms with Gasteiger partial charge >= 0.3 is 0 Å². The summed E-state index contributed by atoms with van der Waals surface area (Å²) in [6.07, 6.45) is 3.18. The van der Waals surface area contributed by atoms with Crippen LogP contribution < -0.4 is 10.6 Å². The summed E-state index contributed by atoms with van der Waals surface area (Å²) in [5, 5.41) is 9.79. The van der Waals surface area contributed by atoms with Gasteiger partial charge in [-0.15, -0.1) is 0 Å². The molecule has 0 radical (unpaired) electrons. The quantitative estimate of drug-likeness (QED) is 0.741. The van der Waals surface area contributed by atoms with Crippen molar-refractivity contribution in [2.45, 2.75) is 13.8 Å². The SMILES string of the molecule is CCNC(=O)c1cccc(NC(=O)c2cnn(-c3ccccn3)c2C)c1. The van der Waals surface area contributed by atoms with E-state index in [9.17, 15) is 9.59 Å². The third-order valence-electron chi connectivity index (χ3n) is 3.84. The van der Waals surface area contributed by atoms with E-state index in [0.717, 1.165) is 0 Å². The van der Waals surface area contributed by atoms with Crippen LogP contribution >= 0.6 is 0 Å². The molecule has 0 aliphatic carbocycles. The van der Waals surface area contributed by atoms with Crippen LogP contribution in [0.4, 0.5) is 5.69 Å². The van der Waals surface area contributed by atoms with Crippen LogP contribution in [-0.2, 0) is 0 Å². The van der Waals surface area contributed by atoms with Crippen molar-refractivity contribution in [2.24, 2.45) is 0 Å². The van der Waals surface area contributed by atoms with Crippen molar-refractivity contribution in [1.82, 2.24) is 20.1 Å². The molecule has 0 fully saturated rings. The van der Waals surface area contributed by atoms with Crippen LogP contribution in [0.2, 0.25) is 0 Å². The topological polar surface area (TPSA) is 88.9 Å². The fourth-order valence-electron chi connectivity index (χ4n) is 2.54. The second kappa shape index (κ2) is 7.60. The first-order chi connectivity index (χ1) is 12.6. The molecule has 26 heavy (non-hydrogen) atoms. The molecule has 0 unspecified atom stereocenters. The zero-order chi connectivity index (χ0) is 18.5. The van der Waals surface area contributed by atoms with Crippen molar-refractivity contribution < 1.29 is 9.59 Å². The highest BCUT2D eigenvalue weighted by Crippen LogP contribution is 2.16. The maximum absolute atomic E-state index is 12.6. The molecule has 2 N–H and O–H groups in total. The van der Waals surface area contributed by atoms with Gasteiger partial charge in [0.05, 0.1) is 17.5 Å². The van der Waals surface area contributed by atoms with Gasteiger partial charge in [-0.3, -0.25) is 9.59 Å². The van der Waals surface area contributed by atoms with Crippen LogP contribution in [0.1, 0.15) is 33.3 Å². The molecule has 2 amide bonds. The van der Waals surface area contributed by atoms with Crippen molar-refractivity contribution in [1.29, 1.82) is 0 Å². The number of carbonyl (C=O) groups excluding carboxylic acids is 2. The fourth-order valence-corrected chi connectivity index (χ4v) is 2.54. The minimum atomic E-state index is -0.294. The normalized spacial score (nSPS) is 10.4. The zero-order valence-corrected chi connectivity index (χ0v) is 14.6. The number of amides is 2. The lowest BCUT2D eigenvalue weighted by Gasteiger charge is -2.08. The van der Waals surface area contributed by atoms with Gasteiger partial charge in [-0.25, -0.2) is 9.67 Å². The standard InChI is InChI=1S/C19H19N5O2/c1-3-20-18(25)14-7-6-8-15(11-14)23-19(26)16-12-22-24(13(16)2)17-9-4-5-10-21-17/h4-12H,3H2,1-2H3,(H,20,25)(H,23,26). The maximum atomic E-state index is 12.6. The van der Waals surface area contributed by atoms with E-state index in [4.69, 9.17) is 0 Å².